The van der Waals surface area contributed by atoms with E-state index in [0.29, 0.717) is 21.7 Å². The van der Waals surface area contributed by atoms with Crippen LogP contribution in [-0.4, -0.2) is 10.2 Å². The predicted molar refractivity (Wildman–Crippen MR) is 63.4 cm³/mol. The highest BCUT2D eigenvalue weighted by Crippen LogP contribution is 2.16. The van der Waals surface area contributed by atoms with E-state index in [4.69, 9.17) is 16.9 Å². The van der Waals surface area contributed by atoms with Gasteiger partial charge in [0.25, 0.3) is 0 Å². The summed E-state index contributed by atoms with van der Waals surface area (Å²) in [7, 11) is 0. The zero-order valence-corrected chi connectivity index (χ0v) is 9.72. The van der Waals surface area contributed by atoms with Gasteiger partial charge >= 0.3 is 0 Å². The molecule has 1 N–H and O–H groups in total. The minimum atomic E-state index is 0.360. The van der Waals surface area contributed by atoms with Crippen LogP contribution in [0.1, 0.15) is 10.6 Å². The molecule has 0 amide bonds. The first-order chi connectivity index (χ1) is 7.78. The molecule has 80 valence electrons. The van der Waals surface area contributed by atoms with E-state index in [1.807, 2.05) is 30.3 Å². The van der Waals surface area contributed by atoms with Crippen LogP contribution >= 0.6 is 22.9 Å². The molecule has 1 aromatic heterocycles. The molecule has 0 radical (unpaired) electrons. The smallest absolute Gasteiger partial charge is 0.219 e. The summed E-state index contributed by atoms with van der Waals surface area (Å²) in [5.41, 5.74) is 1.10. The van der Waals surface area contributed by atoms with E-state index in [1.165, 1.54) is 11.3 Å². The van der Waals surface area contributed by atoms with Crippen LogP contribution in [0.5, 0.6) is 0 Å². The van der Waals surface area contributed by atoms with Crippen molar-refractivity contribution in [1.82, 2.24) is 10.2 Å². The van der Waals surface area contributed by atoms with Gasteiger partial charge in [-0.05, 0) is 17.7 Å². The molecule has 6 heteroatoms. The van der Waals surface area contributed by atoms with Crippen LogP contribution in [0.25, 0.3) is 0 Å². The number of anilines is 1. The Hall–Kier alpha value is -1.64. The zero-order valence-electron chi connectivity index (χ0n) is 8.14. The average Bonchev–Trinajstić information content (AvgIpc) is 2.76. The molecule has 0 atom stereocenters. The van der Waals surface area contributed by atoms with Gasteiger partial charge in [-0.3, -0.25) is 0 Å². The van der Waals surface area contributed by atoms with Crippen LogP contribution in [0.4, 0.5) is 5.13 Å². The summed E-state index contributed by atoms with van der Waals surface area (Å²) < 4.78 is 0. The number of benzene rings is 1. The number of nitrogens with one attached hydrogen (secondary N) is 1. The van der Waals surface area contributed by atoms with E-state index >= 15 is 0 Å². The highest BCUT2D eigenvalue weighted by Gasteiger charge is 2.02. The highest BCUT2D eigenvalue weighted by atomic mass is 35.5. The first-order valence-corrected chi connectivity index (χ1v) is 5.69. The number of aromatic nitrogens is 2. The molecule has 1 heterocycles. The van der Waals surface area contributed by atoms with Crippen molar-refractivity contribution in [2.75, 3.05) is 5.32 Å². The molecular formula is C10H7ClN4S. The van der Waals surface area contributed by atoms with Gasteiger partial charge in [0.15, 0.2) is 0 Å². The molecule has 0 fully saturated rings. The Morgan fingerprint density at radius 2 is 2.06 bits per heavy atom. The molecule has 2 rings (SSSR count). The second-order valence-electron chi connectivity index (χ2n) is 3.00. The van der Waals surface area contributed by atoms with E-state index in [0.717, 1.165) is 5.56 Å². The number of rotatable bonds is 3. The Balaban J connectivity index is 1.97. The minimum absolute atomic E-state index is 0.360. The predicted octanol–water partition coefficient (Wildman–Crippen LogP) is 2.68. The molecule has 2 aromatic rings. The SMILES string of the molecule is N#Cc1nnc(NCc2ccc(Cl)cc2)s1. The number of halogens is 1. The summed E-state index contributed by atoms with van der Waals surface area (Å²) in [6.45, 7) is 0.636. The van der Waals surface area contributed by atoms with Crippen LogP contribution in [0, 0.1) is 11.3 Å². The number of nitrogens with zero attached hydrogens (tertiary/aromatic N) is 3. The topological polar surface area (TPSA) is 61.6 Å². The van der Waals surface area contributed by atoms with Crippen molar-refractivity contribution in [1.29, 1.82) is 5.26 Å². The van der Waals surface area contributed by atoms with E-state index in [1.54, 1.807) is 0 Å². The maximum atomic E-state index is 8.58. The fourth-order valence-corrected chi connectivity index (χ4v) is 1.78. The van der Waals surface area contributed by atoms with Gasteiger partial charge in [-0.1, -0.05) is 35.1 Å². The molecule has 0 spiro atoms. The molecule has 1 aromatic carbocycles. The first-order valence-electron chi connectivity index (χ1n) is 4.50. The van der Waals surface area contributed by atoms with Crippen LogP contribution in [0.2, 0.25) is 5.02 Å². The Kier molecular flexibility index (Phi) is 3.34. The monoisotopic (exact) mass is 250 g/mol. The fourth-order valence-electron chi connectivity index (χ4n) is 1.12. The molecule has 0 aliphatic heterocycles. The lowest BCUT2D eigenvalue weighted by molar-refractivity contribution is 1.04. The van der Waals surface area contributed by atoms with Gasteiger partial charge in [0.05, 0.1) is 0 Å². The van der Waals surface area contributed by atoms with Gasteiger partial charge in [0, 0.05) is 11.6 Å². The molecule has 0 saturated heterocycles. The standard InChI is InChI=1S/C10H7ClN4S/c11-8-3-1-7(2-4-8)6-13-10-15-14-9(5-12)16-10/h1-4H,6H2,(H,13,15). The molecule has 0 saturated carbocycles. The van der Waals surface area contributed by atoms with Crippen LogP contribution in [-0.2, 0) is 6.54 Å². The number of hydrogen-bond acceptors (Lipinski definition) is 5. The molecular weight excluding hydrogens is 244 g/mol. The van der Waals surface area contributed by atoms with Gasteiger partial charge in [-0.15, -0.1) is 10.2 Å². The third kappa shape index (κ3) is 2.69. The second-order valence-corrected chi connectivity index (χ2v) is 4.42. The summed E-state index contributed by atoms with van der Waals surface area (Å²) in [5, 5.41) is 20.9. The molecule has 0 unspecified atom stereocenters. The van der Waals surface area contributed by atoms with Crippen molar-refractivity contribution in [2.45, 2.75) is 6.54 Å². The van der Waals surface area contributed by atoms with Crippen molar-refractivity contribution < 1.29 is 0 Å². The van der Waals surface area contributed by atoms with Gasteiger partial charge < -0.3 is 5.32 Å². The van der Waals surface area contributed by atoms with Crippen molar-refractivity contribution in [2.24, 2.45) is 0 Å². The van der Waals surface area contributed by atoms with E-state index in [2.05, 4.69) is 15.5 Å². The average molecular weight is 251 g/mol. The first kappa shape index (κ1) is 10.9. The summed E-state index contributed by atoms with van der Waals surface area (Å²) in [5.74, 6) is 0. The minimum Gasteiger partial charge on any atom is -0.356 e. The summed E-state index contributed by atoms with van der Waals surface area (Å²) in [6.07, 6.45) is 0. The molecule has 0 aliphatic rings. The van der Waals surface area contributed by atoms with Gasteiger partial charge in [0.1, 0.15) is 6.07 Å². The van der Waals surface area contributed by atoms with E-state index in [9.17, 15) is 0 Å². The van der Waals surface area contributed by atoms with Gasteiger partial charge in [-0.2, -0.15) is 5.26 Å². The van der Waals surface area contributed by atoms with Crippen LogP contribution in [0.3, 0.4) is 0 Å². The largest absolute Gasteiger partial charge is 0.356 e. The number of nitriles is 1. The normalized spacial score (nSPS) is 9.75. The lowest BCUT2D eigenvalue weighted by Crippen LogP contribution is -1.98. The third-order valence-corrected chi connectivity index (χ3v) is 2.92. The Labute approximate surface area is 102 Å². The Bertz CT molecular complexity index is 514. The fraction of sp³-hybridized carbons (Fsp3) is 0.100. The Morgan fingerprint density at radius 3 is 2.69 bits per heavy atom. The maximum absolute atomic E-state index is 8.58. The van der Waals surface area contributed by atoms with E-state index in [-0.39, 0.29) is 0 Å². The highest BCUT2D eigenvalue weighted by molar-refractivity contribution is 7.15. The molecule has 16 heavy (non-hydrogen) atoms. The number of hydrogen-bond donors (Lipinski definition) is 1. The van der Waals surface area contributed by atoms with Gasteiger partial charge in [0.2, 0.25) is 10.1 Å². The zero-order chi connectivity index (χ0) is 11.4. The van der Waals surface area contributed by atoms with Crippen LogP contribution in [0.15, 0.2) is 24.3 Å². The van der Waals surface area contributed by atoms with E-state index < -0.39 is 0 Å². The van der Waals surface area contributed by atoms with Crippen molar-refractivity contribution in [3.8, 4) is 6.07 Å². The van der Waals surface area contributed by atoms with Crippen molar-refractivity contribution >= 4 is 28.1 Å². The molecule has 4 nitrogen and oxygen atoms in total. The third-order valence-electron chi connectivity index (χ3n) is 1.88. The summed E-state index contributed by atoms with van der Waals surface area (Å²) in [6, 6.07) is 9.47. The molecule has 0 bridgehead atoms. The summed E-state index contributed by atoms with van der Waals surface area (Å²) in [4.78, 5) is 0. The summed E-state index contributed by atoms with van der Waals surface area (Å²) >= 11 is 7.01. The second kappa shape index (κ2) is 4.92. The maximum Gasteiger partial charge on any atom is 0.219 e. The van der Waals surface area contributed by atoms with Gasteiger partial charge in [-0.25, -0.2) is 0 Å². The quantitative estimate of drug-likeness (QED) is 0.910. The Morgan fingerprint density at radius 1 is 1.31 bits per heavy atom. The lowest BCUT2D eigenvalue weighted by Gasteiger charge is -2.01. The van der Waals surface area contributed by atoms with Crippen molar-refractivity contribution in [3.63, 3.8) is 0 Å². The molecule has 0 aliphatic carbocycles. The van der Waals surface area contributed by atoms with Crippen LogP contribution < -0.4 is 5.32 Å². The lowest BCUT2D eigenvalue weighted by atomic mass is 10.2. The van der Waals surface area contributed by atoms with Crippen molar-refractivity contribution in [3.05, 3.63) is 39.9 Å².